The van der Waals surface area contributed by atoms with E-state index in [1.807, 2.05) is 117 Å². The van der Waals surface area contributed by atoms with Gasteiger partial charge in [-0.3, -0.25) is 14.5 Å². The third-order valence-electron chi connectivity index (χ3n) is 12.2. The monoisotopic (exact) mass is 840 g/mol. The number of amides is 3. The number of carbonyl (C=O) groups excluding carboxylic acids is 2. The summed E-state index contributed by atoms with van der Waals surface area (Å²) in [6.07, 6.45) is -2.29. The van der Waals surface area contributed by atoms with Gasteiger partial charge in [0.2, 0.25) is 11.8 Å². The van der Waals surface area contributed by atoms with Crippen LogP contribution in [0.4, 0.5) is 4.79 Å². The van der Waals surface area contributed by atoms with Gasteiger partial charge in [0.25, 0.3) is 0 Å². The molecule has 1 saturated heterocycles. The number of nitriles is 1. The highest BCUT2D eigenvalue weighted by atomic mass is 32.2. The molecule has 0 radical (unpaired) electrons. The van der Waals surface area contributed by atoms with Crippen molar-refractivity contribution in [1.82, 2.24) is 15.1 Å². The molecule has 6 aromatic carbocycles. The van der Waals surface area contributed by atoms with Crippen LogP contribution in [-0.2, 0) is 20.9 Å². The lowest BCUT2D eigenvalue weighted by molar-refractivity contribution is -0.143. The van der Waals surface area contributed by atoms with Crippen LogP contribution in [0.3, 0.4) is 0 Å². The number of benzene rings is 6. The number of aliphatic hydroxyl groups is 1. The van der Waals surface area contributed by atoms with Gasteiger partial charge in [0, 0.05) is 36.7 Å². The molecule has 3 N–H and O–H groups in total. The van der Waals surface area contributed by atoms with E-state index in [-0.39, 0.29) is 32.0 Å². The van der Waals surface area contributed by atoms with E-state index < -0.39 is 45.6 Å². The number of fused-ring (bicyclic) bond motifs is 3. The Balaban J connectivity index is 1.25. The molecule has 312 valence electrons. The van der Waals surface area contributed by atoms with Crippen LogP contribution in [0.5, 0.6) is 0 Å². The highest BCUT2D eigenvalue weighted by molar-refractivity contribution is 8.02. The summed E-state index contributed by atoms with van der Waals surface area (Å²) >= 11 is 1.51. The fourth-order valence-corrected chi connectivity index (χ4v) is 11.3. The summed E-state index contributed by atoms with van der Waals surface area (Å²) in [5.74, 6) is -1.41. The lowest BCUT2D eigenvalue weighted by atomic mass is 9.84. The molecule has 2 aliphatic rings. The second kappa shape index (κ2) is 17.7. The van der Waals surface area contributed by atoms with Crippen LogP contribution < -0.4 is 5.32 Å². The van der Waals surface area contributed by atoms with E-state index in [0.717, 1.165) is 44.5 Å². The van der Waals surface area contributed by atoms with Crippen LogP contribution in [0.2, 0.25) is 0 Å². The number of carboxylic acid groups (broad SMARTS) is 1. The third kappa shape index (κ3) is 8.09. The van der Waals surface area contributed by atoms with Crippen molar-refractivity contribution in [3.05, 3.63) is 203 Å². The number of likely N-dealkylation sites (tertiary alicyclic amines) is 1. The van der Waals surface area contributed by atoms with Gasteiger partial charge in [-0.2, -0.15) is 5.26 Å². The van der Waals surface area contributed by atoms with Crippen molar-refractivity contribution >= 4 is 29.7 Å². The molecule has 1 heterocycles. The van der Waals surface area contributed by atoms with Crippen LogP contribution in [0, 0.1) is 11.3 Å². The minimum Gasteiger partial charge on any atom is -0.465 e. The van der Waals surface area contributed by atoms with E-state index in [4.69, 9.17) is 0 Å². The number of nitrogens with one attached hydrogen (secondary N) is 1. The molecular weight excluding hydrogens is 793 g/mol. The van der Waals surface area contributed by atoms with Crippen molar-refractivity contribution in [2.75, 3.05) is 13.1 Å². The number of aliphatic hydroxyl groups excluding tert-OH is 1. The summed E-state index contributed by atoms with van der Waals surface area (Å²) in [5, 5.41) is 34.8. The molecular formula is C52H48N4O5S. The van der Waals surface area contributed by atoms with Crippen molar-refractivity contribution < 1.29 is 24.6 Å². The van der Waals surface area contributed by atoms with Gasteiger partial charge < -0.3 is 20.4 Å². The third-order valence-corrected chi connectivity index (χ3v) is 13.9. The van der Waals surface area contributed by atoms with Crippen molar-refractivity contribution in [2.45, 2.75) is 60.4 Å². The van der Waals surface area contributed by atoms with Crippen molar-refractivity contribution in [2.24, 2.45) is 0 Å². The van der Waals surface area contributed by atoms with E-state index in [2.05, 4.69) is 47.8 Å². The van der Waals surface area contributed by atoms with Gasteiger partial charge in [-0.1, -0.05) is 152 Å². The minimum absolute atomic E-state index is 0.0103. The van der Waals surface area contributed by atoms with Gasteiger partial charge >= 0.3 is 6.09 Å². The SMILES string of the molecule is CC(C)(SC(c1ccccc1)(c1ccccc1)c1ccccc1)C(C(=O)N1C[C@H](O)C[C@H]1C(=O)NCc1ccc(C#N)cc1)N(CC1c2ccccc2-c2ccccc21)C(=O)O. The maximum absolute atomic E-state index is 15.8. The Morgan fingerprint density at radius 3 is 1.73 bits per heavy atom. The molecule has 1 aliphatic carbocycles. The zero-order valence-corrected chi connectivity index (χ0v) is 35.4. The van der Waals surface area contributed by atoms with Gasteiger partial charge in [-0.25, -0.2) is 4.79 Å². The molecule has 8 rings (SSSR count). The topological polar surface area (TPSA) is 134 Å². The number of thioether (sulfide) groups is 1. The molecule has 10 heteroatoms. The zero-order chi connectivity index (χ0) is 43.4. The Bertz CT molecular complexity index is 2460. The maximum atomic E-state index is 15.8. The summed E-state index contributed by atoms with van der Waals surface area (Å²) < 4.78 is -2.14. The molecule has 1 fully saturated rings. The highest BCUT2D eigenvalue weighted by Gasteiger charge is 2.53. The fraction of sp³-hybridized carbons (Fsp3) is 0.231. The predicted molar refractivity (Wildman–Crippen MR) is 242 cm³/mol. The number of rotatable bonds is 13. The smallest absolute Gasteiger partial charge is 0.408 e. The van der Waals surface area contributed by atoms with E-state index in [1.54, 1.807) is 24.3 Å². The van der Waals surface area contributed by atoms with E-state index in [0.29, 0.717) is 5.56 Å². The Morgan fingerprint density at radius 2 is 1.24 bits per heavy atom. The number of hydrogen-bond donors (Lipinski definition) is 3. The first-order chi connectivity index (χ1) is 30.0. The second-order valence-electron chi connectivity index (χ2n) is 16.5. The predicted octanol–water partition coefficient (Wildman–Crippen LogP) is 8.80. The van der Waals surface area contributed by atoms with Crippen LogP contribution in [0.1, 0.15) is 65.1 Å². The Kier molecular flexibility index (Phi) is 12.0. The summed E-state index contributed by atoms with van der Waals surface area (Å²) in [5.41, 5.74) is 8.07. The lowest BCUT2D eigenvalue weighted by Crippen LogP contribution is -2.62. The van der Waals surface area contributed by atoms with Crippen LogP contribution in [0.15, 0.2) is 164 Å². The Hall–Kier alpha value is -6.67. The first kappa shape index (κ1) is 42.0. The first-order valence-electron chi connectivity index (χ1n) is 20.8. The van der Waals surface area contributed by atoms with Crippen LogP contribution in [0.25, 0.3) is 11.1 Å². The van der Waals surface area contributed by atoms with Crippen molar-refractivity contribution in [3.8, 4) is 17.2 Å². The quantitative estimate of drug-likeness (QED) is 0.0991. The number of hydrogen-bond acceptors (Lipinski definition) is 6. The molecule has 3 amide bonds. The standard InChI is InChI=1S/C52H48N4O5S/c1-51(2,62-52(37-16-6-3-7-17-37,38-18-8-4-9-19-38)39-20-10-5-11-21-39)47(56(50(60)61)34-45-43-24-14-12-22-41(43)42-23-13-15-25-44(42)45)49(59)55-33-40(57)30-46(55)48(58)54-32-36-28-26-35(31-53)27-29-36/h3-29,40,45-47,57H,30,32-34H2,1-2H3,(H,54,58)(H,60,61)/t40-,46+,47?/m1/s1. The molecule has 0 bridgehead atoms. The summed E-state index contributed by atoms with van der Waals surface area (Å²) in [7, 11) is 0. The van der Waals surface area contributed by atoms with Gasteiger partial charge in [0.15, 0.2) is 0 Å². The van der Waals surface area contributed by atoms with Gasteiger partial charge in [0.05, 0.1) is 22.5 Å². The normalized spacial score (nSPS) is 16.5. The second-order valence-corrected chi connectivity index (χ2v) is 18.3. The molecule has 9 nitrogen and oxygen atoms in total. The highest BCUT2D eigenvalue weighted by Crippen LogP contribution is 2.55. The zero-order valence-electron chi connectivity index (χ0n) is 34.6. The maximum Gasteiger partial charge on any atom is 0.408 e. The Morgan fingerprint density at radius 1 is 0.758 bits per heavy atom. The number of carbonyl (C=O) groups is 3. The summed E-state index contributed by atoms with van der Waals surface area (Å²) in [6.45, 7) is 3.80. The van der Waals surface area contributed by atoms with Crippen molar-refractivity contribution in [3.63, 3.8) is 0 Å². The molecule has 1 unspecified atom stereocenters. The van der Waals surface area contributed by atoms with E-state index in [1.165, 1.54) is 21.6 Å². The first-order valence-corrected chi connectivity index (χ1v) is 21.6. The van der Waals surface area contributed by atoms with Gasteiger partial charge in [0.1, 0.15) is 12.1 Å². The molecule has 62 heavy (non-hydrogen) atoms. The van der Waals surface area contributed by atoms with Crippen molar-refractivity contribution in [1.29, 1.82) is 5.26 Å². The van der Waals surface area contributed by atoms with E-state index in [9.17, 15) is 25.1 Å². The van der Waals surface area contributed by atoms with Crippen LogP contribution >= 0.6 is 11.8 Å². The average Bonchev–Trinajstić information content (AvgIpc) is 3.85. The number of nitrogens with zero attached hydrogens (tertiary/aromatic N) is 3. The van der Waals surface area contributed by atoms with Gasteiger partial charge in [-0.05, 0) is 70.5 Å². The Labute approximate surface area is 366 Å². The number of β-amino-alcohol motifs (C(OH)–C–C–N with tert-alkyl or cyclic N) is 1. The molecule has 0 saturated carbocycles. The minimum atomic E-state index is -1.35. The lowest BCUT2D eigenvalue weighted by Gasteiger charge is -2.47. The van der Waals surface area contributed by atoms with E-state index >= 15 is 4.79 Å². The largest absolute Gasteiger partial charge is 0.465 e. The molecule has 6 aromatic rings. The van der Waals surface area contributed by atoms with Gasteiger partial charge in [-0.15, -0.1) is 11.8 Å². The summed E-state index contributed by atoms with van der Waals surface area (Å²) in [6, 6.07) is 52.7. The average molecular weight is 841 g/mol. The fourth-order valence-electron chi connectivity index (χ4n) is 9.37. The summed E-state index contributed by atoms with van der Waals surface area (Å²) in [4.78, 5) is 46.6. The molecule has 1 aliphatic heterocycles. The van der Waals surface area contributed by atoms with Crippen LogP contribution in [-0.4, -0.2) is 73.9 Å². The molecule has 3 atom stereocenters. The molecule has 0 spiro atoms. The molecule has 0 aromatic heterocycles.